The van der Waals surface area contributed by atoms with Crippen LogP contribution < -0.4 is 0 Å². The van der Waals surface area contributed by atoms with Gasteiger partial charge >= 0.3 is 0 Å². The summed E-state index contributed by atoms with van der Waals surface area (Å²) in [6, 6.07) is 0. The van der Waals surface area contributed by atoms with Crippen LogP contribution >= 0.6 is 15.9 Å². The SMILES string of the molecule is CC(C)=C1CC[C@H]([C@H]2CC/C(=C\Br)CO2)[C@H]1O[Si](C)(C)C(C)(C)C. The van der Waals surface area contributed by atoms with Crippen LogP contribution in [-0.4, -0.2) is 27.1 Å². The molecule has 2 nitrogen and oxygen atoms in total. The van der Waals surface area contributed by atoms with Crippen LogP contribution in [0.1, 0.15) is 60.3 Å². The van der Waals surface area contributed by atoms with Crippen LogP contribution in [0, 0.1) is 5.92 Å². The van der Waals surface area contributed by atoms with Crippen LogP contribution in [0.15, 0.2) is 21.7 Å². The fraction of sp³-hybridized carbons (Fsp3) is 0.800. The molecule has 0 radical (unpaired) electrons. The fourth-order valence-electron chi connectivity index (χ4n) is 3.56. The third-order valence-electron chi connectivity index (χ3n) is 6.21. The van der Waals surface area contributed by atoms with Gasteiger partial charge in [0.2, 0.25) is 0 Å². The summed E-state index contributed by atoms with van der Waals surface area (Å²) >= 11 is 3.45. The second-order valence-corrected chi connectivity index (χ2v) is 14.4. The molecule has 0 spiro atoms. The van der Waals surface area contributed by atoms with Crippen molar-refractivity contribution >= 4 is 24.2 Å². The zero-order chi connectivity index (χ0) is 18.1. The first-order valence-corrected chi connectivity index (χ1v) is 13.1. The van der Waals surface area contributed by atoms with E-state index >= 15 is 0 Å². The molecule has 2 aliphatic rings. The van der Waals surface area contributed by atoms with Crippen LogP contribution in [-0.2, 0) is 9.16 Å². The zero-order valence-electron chi connectivity index (χ0n) is 16.5. The first-order chi connectivity index (χ1) is 11.1. The lowest BCUT2D eigenvalue weighted by Gasteiger charge is -2.42. The van der Waals surface area contributed by atoms with E-state index in [1.165, 1.54) is 29.6 Å². The Hall–Kier alpha value is 0.0969. The maximum atomic E-state index is 6.93. The van der Waals surface area contributed by atoms with E-state index in [9.17, 15) is 0 Å². The number of ether oxygens (including phenoxy) is 1. The summed E-state index contributed by atoms with van der Waals surface area (Å²) < 4.78 is 13.2. The number of allylic oxidation sites excluding steroid dienone is 1. The molecule has 2 fully saturated rings. The molecule has 0 N–H and O–H groups in total. The van der Waals surface area contributed by atoms with Gasteiger partial charge in [-0.25, -0.2) is 0 Å². The minimum absolute atomic E-state index is 0.242. The molecule has 0 aromatic heterocycles. The van der Waals surface area contributed by atoms with Crippen molar-refractivity contribution in [3.05, 3.63) is 21.7 Å². The van der Waals surface area contributed by atoms with Crippen LogP contribution in [0.2, 0.25) is 18.1 Å². The molecule has 1 heterocycles. The predicted octanol–water partition coefficient (Wildman–Crippen LogP) is 6.58. The van der Waals surface area contributed by atoms with Gasteiger partial charge < -0.3 is 9.16 Å². The average Bonchev–Trinajstić information content (AvgIpc) is 2.89. The van der Waals surface area contributed by atoms with Crippen molar-refractivity contribution in [3.8, 4) is 0 Å². The Morgan fingerprint density at radius 3 is 2.33 bits per heavy atom. The predicted molar refractivity (Wildman–Crippen MR) is 109 cm³/mol. The van der Waals surface area contributed by atoms with Gasteiger partial charge in [0.25, 0.3) is 0 Å². The van der Waals surface area contributed by atoms with Crippen molar-refractivity contribution in [3.63, 3.8) is 0 Å². The first-order valence-electron chi connectivity index (χ1n) is 9.30. The van der Waals surface area contributed by atoms with E-state index in [1.54, 1.807) is 0 Å². The van der Waals surface area contributed by atoms with Crippen molar-refractivity contribution in [1.82, 2.24) is 0 Å². The van der Waals surface area contributed by atoms with E-state index in [0.29, 0.717) is 12.0 Å². The second kappa shape index (κ2) is 7.77. The van der Waals surface area contributed by atoms with Gasteiger partial charge in [0.05, 0.1) is 18.8 Å². The molecule has 0 amide bonds. The third-order valence-corrected chi connectivity index (χ3v) is 11.3. The van der Waals surface area contributed by atoms with Crippen LogP contribution in [0.25, 0.3) is 0 Å². The van der Waals surface area contributed by atoms with E-state index in [4.69, 9.17) is 9.16 Å². The summed E-state index contributed by atoms with van der Waals surface area (Å²) in [6.07, 6.45) is 5.24. The summed E-state index contributed by atoms with van der Waals surface area (Å²) in [4.78, 5) is 2.03. The molecular formula is C20H35BrO2Si. The molecule has 0 unspecified atom stereocenters. The summed E-state index contributed by atoms with van der Waals surface area (Å²) in [6.45, 7) is 17.0. The van der Waals surface area contributed by atoms with Gasteiger partial charge in [0.15, 0.2) is 8.32 Å². The van der Waals surface area contributed by atoms with Gasteiger partial charge in [-0.15, -0.1) is 0 Å². The van der Waals surface area contributed by atoms with E-state index in [0.717, 1.165) is 19.4 Å². The van der Waals surface area contributed by atoms with Crippen molar-refractivity contribution in [1.29, 1.82) is 0 Å². The van der Waals surface area contributed by atoms with Crippen LogP contribution in [0.3, 0.4) is 0 Å². The maximum absolute atomic E-state index is 6.93. The molecule has 1 saturated heterocycles. The van der Waals surface area contributed by atoms with Gasteiger partial charge in [-0.05, 0) is 73.8 Å². The Bertz CT molecular complexity index is 502. The summed E-state index contributed by atoms with van der Waals surface area (Å²) in [5, 5.41) is 0.242. The van der Waals surface area contributed by atoms with Crippen molar-refractivity contribution in [2.45, 2.75) is 90.6 Å². The molecule has 1 saturated carbocycles. The van der Waals surface area contributed by atoms with Gasteiger partial charge in [-0.2, -0.15) is 0 Å². The van der Waals surface area contributed by atoms with E-state index < -0.39 is 8.32 Å². The first kappa shape index (κ1) is 20.4. The van der Waals surface area contributed by atoms with E-state index in [2.05, 4.69) is 63.6 Å². The number of halogens is 1. The maximum Gasteiger partial charge on any atom is 0.192 e. The van der Waals surface area contributed by atoms with Crippen LogP contribution in [0.4, 0.5) is 0 Å². The minimum atomic E-state index is -1.79. The number of hydrogen-bond donors (Lipinski definition) is 0. The highest BCUT2D eigenvalue weighted by Gasteiger charge is 2.46. The third kappa shape index (κ3) is 4.43. The lowest BCUT2D eigenvalue weighted by molar-refractivity contribution is -0.0250. The Balaban J connectivity index is 2.20. The molecule has 1 aliphatic heterocycles. The highest BCUT2D eigenvalue weighted by Crippen LogP contribution is 2.45. The standard InChI is InChI=1S/C20H35BrO2Si/c1-14(2)16-9-10-17(18-11-8-15(12-21)13-22-18)19(16)23-24(6,7)20(3,4)5/h12,17-19H,8-11,13H2,1-7H3/b15-12+/t17-,18-,19+/m1/s1. The molecule has 0 aromatic rings. The number of rotatable bonds is 3. The monoisotopic (exact) mass is 414 g/mol. The summed E-state index contributed by atoms with van der Waals surface area (Å²) in [7, 11) is -1.79. The quantitative estimate of drug-likeness (QED) is 0.383. The highest BCUT2D eigenvalue weighted by atomic mass is 79.9. The largest absolute Gasteiger partial charge is 0.410 e. The molecule has 138 valence electrons. The Kier molecular flexibility index (Phi) is 6.61. The van der Waals surface area contributed by atoms with Crippen molar-refractivity contribution in [2.24, 2.45) is 5.92 Å². The summed E-state index contributed by atoms with van der Waals surface area (Å²) in [5.41, 5.74) is 4.35. The van der Waals surface area contributed by atoms with Gasteiger partial charge in [0.1, 0.15) is 0 Å². The molecular weight excluding hydrogens is 380 g/mol. The van der Waals surface area contributed by atoms with Gasteiger partial charge in [0, 0.05) is 5.92 Å². The minimum Gasteiger partial charge on any atom is -0.410 e. The lowest BCUT2D eigenvalue weighted by Crippen LogP contribution is -2.47. The average molecular weight is 415 g/mol. The van der Waals surface area contributed by atoms with Crippen molar-refractivity contribution < 1.29 is 9.16 Å². The molecule has 2 rings (SSSR count). The normalized spacial score (nSPS) is 30.9. The molecule has 1 aliphatic carbocycles. The molecule has 24 heavy (non-hydrogen) atoms. The Morgan fingerprint density at radius 1 is 1.21 bits per heavy atom. The van der Waals surface area contributed by atoms with E-state index in [-0.39, 0.29) is 11.1 Å². The summed E-state index contributed by atoms with van der Waals surface area (Å²) in [5.74, 6) is 0.515. The van der Waals surface area contributed by atoms with Gasteiger partial charge in [-0.3, -0.25) is 0 Å². The molecule has 3 atom stereocenters. The molecule has 0 aromatic carbocycles. The Morgan fingerprint density at radius 2 is 1.88 bits per heavy atom. The zero-order valence-corrected chi connectivity index (χ0v) is 19.1. The van der Waals surface area contributed by atoms with Gasteiger partial charge in [-0.1, -0.05) is 42.3 Å². The Labute approximate surface area is 158 Å². The topological polar surface area (TPSA) is 18.5 Å². The molecule has 4 heteroatoms. The number of hydrogen-bond acceptors (Lipinski definition) is 2. The fourth-order valence-corrected chi connectivity index (χ4v) is 5.23. The van der Waals surface area contributed by atoms with Crippen LogP contribution in [0.5, 0.6) is 0 Å². The molecule has 0 bridgehead atoms. The van der Waals surface area contributed by atoms with E-state index in [1.807, 2.05) is 4.99 Å². The second-order valence-electron chi connectivity index (χ2n) is 9.18. The lowest BCUT2D eigenvalue weighted by atomic mass is 9.91. The van der Waals surface area contributed by atoms with Crippen molar-refractivity contribution in [2.75, 3.05) is 6.61 Å². The highest BCUT2D eigenvalue weighted by molar-refractivity contribution is 9.11. The smallest absolute Gasteiger partial charge is 0.192 e.